The first kappa shape index (κ1) is 16.5. The molecule has 1 aromatic heterocycles. The summed E-state index contributed by atoms with van der Waals surface area (Å²) >= 11 is 1.58. The summed E-state index contributed by atoms with van der Waals surface area (Å²) in [6.07, 6.45) is 7.87. The number of aromatic nitrogens is 1. The van der Waals surface area contributed by atoms with E-state index in [4.69, 9.17) is 4.98 Å². The van der Waals surface area contributed by atoms with E-state index < -0.39 is 0 Å². The van der Waals surface area contributed by atoms with Crippen molar-refractivity contribution in [2.24, 2.45) is 11.8 Å². The molecule has 4 aliphatic carbocycles. The largest absolute Gasteiger partial charge is 0.302 e. The van der Waals surface area contributed by atoms with Crippen LogP contribution in [0.5, 0.6) is 0 Å². The summed E-state index contributed by atoms with van der Waals surface area (Å²) in [5, 5.41) is 5.84. The van der Waals surface area contributed by atoms with Crippen LogP contribution in [0.25, 0.3) is 0 Å². The summed E-state index contributed by atoms with van der Waals surface area (Å²) in [4.78, 5) is 16.3. The number of nitrogens with zero attached hydrogens (tertiary/aromatic N) is 1. The number of carbonyl (C=O) groups excluding carboxylic acids is 1. The molecule has 4 aliphatic rings. The third-order valence-corrected chi connectivity index (χ3v) is 7.81. The second-order valence-corrected chi connectivity index (χ2v) is 9.96. The summed E-state index contributed by atoms with van der Waals surface area (Å²) in [6, 6.07) is 9.30. The van der Waals surface area contributed by atoms with E-state index in [0.717, 1.165) is 17.0 Å². The Morgan fingerprint density at radius 1 is 1.12 bits per heavy atom. The highest BCUT2D eigenvalue weighted by Gasteiger charge is 2.59. The zero-order valence-electron chi connectivity index (χ0n) is 15.5. The van der Waals surface area contributed by atoms with Gasteiger partial charge in [-0.1, -0.05) is 29.8 Å². The lowest BCUT2D eigenvalue weighted by atomic mass is 9.42. The number of rotatable bonds is 3. The number of aryl methyl sites for hydroxylation is 1. The molecule has 1 N–H and O–H groups in total. The Bertz CT molecular complexity index is 839. The molecule has 4 saturated carbocycles. The van der Waals surface area contributed by atoms with Crippen LogP contribution in [0, 0.1) is 18.8 Å². The molecular weight excluding hydrogens is 340 g/mol. The minimum Gasteiger partial charge on any atom is -0.302 e. The molecule has 0 saturated heterocycles. The second kappa shape index (κ2) is 5.66. The van der Waals surface area contributed by atoms with Crippen LogP contribution in [0.4, 0.5) is 5.13 Å². The van der Waals surface area contributed by atoms with E-state index in [0.29, 0.717) is 5.41 Å². The fraction of sp³-hybridized carbons (Fsp3) is 0.545. The number of benzene rings is 1. The summed E-state index contributed by atoms with van der Waals surface area (Å²) in [5.74, 6) is 1.61. The van der Waals surface area contributed by atoms with Gasteiger partial charge in [0.25, 0.3) is 0 Å². The standard InChI is InChI=1S/C22H26N2OS/c1-14-3-5-18(6-4-14)21-8-16-7-17(9-21)11-22(10-16,13-21)19-12-26-20(24-19)23-15(2)25/h3-6,12,16-17H,7-11,13H2,1-2H3,(H,23,24,25)/t16-,17-,21?,22?/m0/s1. The molecule has 6 rings (SSSR count). The predicted octanol–water partition coefficient (Wildman–Crippen LogP) is 5.20. The lowest BCUT2D eigenvalue weighted by molar-refractivity contribution is -0.114. The highest BCUT2D eigenvalue weighted by Crippen LogP contribution is 2.66. The van der Waals surface area contributed by atoms with E-state index in [1.54, 1.807) is 23.8 Å². The number of hydrogen-bond donors (Lipinski definition) is 1. The first-order valence-electron chi connectivity index (χ1n) is 9.77. The molecule has 4 fully saturated rings. The number of carbonyl (C=O) groups is 1. The van der Waals surface area contributed by atoms with Crippen molar-refractivity contribution in [1.82, 2.24) is 4.98 Å². The van der Waals surface area contributed by atoms with Crippen LogP contribution in [0.1, 0.15) is 62.3 Å². The van der Waals surface area contributed by atoms with Crippen molar-refractivity contribution in [3.05, 3.63) is 46.5 Å². The van der Waals surface area contributed by atoms with Crippen molar-refractivity contribution in [1.29, 1.82) is 0 Å². The third kappa shape index (κ3) is 2.53. The number of amides is 1. The number of hydrogen-bond acceptors (Lipinski definition) is 3. The highest BCUT2D eigenvalue weighted by molar-refractivity contribution is 7.13. The quantitative estimate of drug-likeness (QED) is 0.811. The van der Waals surface area contributed by atoms with Gasteiger partial charge in [0.2, 0.25) is 5.91 Å². The molecule has 0 spiro atoms. The average Bonchev–Trinajstić information content (AvgIpc) is 3.03. The first-order valence-corrected chi connectivity index (χ1v) is 10.7. The molecule has 1 amide bonds. The van der Waals surface area contributed by atoms with Gasteiger partial charge in [-0.15, -0.1) is 11.3 Å². The van der Waals surface area contributed by atoms with Crippen molar-refractivity contribution in [2.45, 2.75) is 63.2 Å². The molecular formula is C22H26N2OS. The average molecular weight is 367 g/mol. The van der Waals surface area contributed by atoms with Gasteiger partial charge in [0.05, 0.1) is 5.69 Å². The molecule has 136 valence electrons. The maximum Gasteiger partial charge on any atom is 0.223 e. The summed E-state index contributed by atoms with van der Waals surface area (Å²) in [7, 11) is 0. The monoisotopic (exact) mass is 366 g/mol. The summed E-state index contributed by atoms with van der Waals surface area (Å²) in [6.45, 7) is 3.72. The van der Waals surface area contributed by atoms with Gasteiger partial charge in [-0.05, 0) is 68.3 Å². The summed E-state index contributed by atoms with van der Waals surface area (Å²) in [5.41, 5.74) is 4.65. The van der Waals surface area contributed by atoms with Crippen molar-refractivity contribution < 1.29 is 4.79 Å². The lowest BCUT2D eigenvalue weighted by Gasteiger charge is -2.62. The highest BCUT2D eigenvalue weighted by atomic mass is 32.1. The first-order chi connectivity index (χ1) is 12.5. The van der Waals surface area contributed by atoms with Crippen LogP contribution < -0.4 is 5.32 Å². The Balaban J connectivity index is 1.53. The van der Waals surface area contributed by atoms with Gasteiger partial charge in [0, 0.05) is 17.7 Å². The predicted molar refractivity (Wildman–Crippen MR) is 106 cm³/mol. The van der Waals surface area contributed by atoms with Crippen molar-refractivity contribution >= 4 is 22.4 Å². The maximum atomic E-state index is 11.4. The lowest BCUT2D eigenvalue weighted by Crippen LogP contribution is -2.56. The topological polar surface area (TPSA) is 42.0 Å². The van der Waals surface area contributed by atoms with Crippen LogP contribution in [-0.2, 0) is 15.6 Å². The Morgan fingerprint density at radius 3 is 2.42 bits per heavy atom. The maximum absolute atomic E-state index is 11.4. The molecule has 2 aromatic rings. The van der Waals surface area contributed by atoms with Crippen LogP contribution in [0.3, 0.4) is 0 Å². The molecule has 0 radical (unpaired) electrons. The van der Waals surface area contributed by atoms with E-state index >= 15 is 0 Å². The van der Waals surface area contributed by atoms with E-state index in [1.807, 2.05) is 0 Å². The van der Waals surface area contributed by atoms with Crippen LogP contribution in [0.2, 0.25) is 0 Å². The van der Waals surface area contributed by atoms with Gasteiger partial charge in [0.15, 0.2) is 5.13 Å². The van der Waals surface area contributed by atoms with Crippen molar-refractivity contribution in [2.75, 3.05) is 5.32 Å². The van der Waals surface area contributed by atoms with Crippen molar-refractivity contribution in [3.63, 3.8) is 0 Å². The third-order valence-electron chi connectivity index (χ3n) is 7.06. The minimum atomic E-state index is -0.0347. The van der Waals surface area contributed by atoms with Crippen LogP contribution in [-0.4, -0.2) is 10.9 Å². The molecule has 4 heteroatoms. The molecule has 0 unspecified atom stereocenters. The van der Waals surface area contributed by atoms with Gasteiger partial charge in [-0.2, -0.15) is 0 Å². The van der Waals surface area contributed by atoms with E-state index in [1.165, 1.54) is 49.8 Å². The molecule has 0 aliphatic heterocycles. The molecule has 1 aromatic carbocycles. The summed E-state index contributed by atoms with van der Waals surface area (Å²) < 4.78 is 0. The molecule has 3 nitrogen and oxygen atoms in total. The van der Waals surface area contributed by atoms with Gasteiger partial charge >= 0.3 is 0 Å². The molecule has 2 atom stereocenters. The smallest absolute Gasteiger partial charge is 0.223 e. The number of anilines is 1. The minimum absolute atomic E-state index is 0.0347. The fourth-order valence-electron chi connectivity index (χ4n) is 6.53. The van der Waals surface area contributed by atoms with Gasteiger partial charge in [-0.25, -0.2) is 4.98 Å². The second-order valence-electron chi connectivity index (χ2n) is 9.11. The number of thiazole rings is 1. The number of nitrogens with one attached hydrogen (secondary N) is 1. The van der Waals surface area contributed by atoms with Crippen LogP contribution in [0.15, 0.2) is 29.6 Å². The fourth-order valence-corrected chi connectivity index (χ4v) is 7.41. The molecule has 1 heterocycles. The van der Waals surface area contributed by atoms with Gasteiger partial charge in [0.1, 0.15) is 0 Å². The SMILES string of the molecule is CC(=O)Nc1nc(C23C[C@H]4C[C@@H](CC(c5ccc(C)cc5)(C4)C2)C3)cs1. The van der Waals surface area contributed by atoms with Crippen molar-refractivity contribution in [3.8, 4) is 0 Å². The normalized spacial score (nSPS) is 34.8. The van der Waals surface area contributed by atoms with Crippen LogP contribution >= 0.6 is 11.3 Å². The Labute approximate surface area is 159 Å². The zero-order valence-corrected chi connectivity index (χ0v) is 16.4. The van der Waals surface area contributed by atoms with E-state index in [2.05, 4.69) is 41.9 Å². The van der Waals surface area contributed by atoms with E-state index in [9.17, 15) is 4.79 Å². The zero-order chi connectivity index (χ0) is 17.9. The Morgan fingerprint density at radius 2 is 1.77 bits per heavy atom. The van der Waals surface area contributed by atoms with Gasteiger partial charge < -0.3 is 5.32 Å². The van der Waals surface area contributed by atoms with E-state index in [-0.39, 0.29) is 11.3 Å². The molecule has 4 bridgehead atoms. The van der Waals surface area contributed by atoms with Gasteiger partial charge in [-0.3, -0.25) is 4.79 Å². The Kier molecular flexibility index (Phi) is 3.59. The molecule has 26 heavy (non-hydrogen) atoms. The Hall–Kier alpha value is -1.68.